The predicted octanol–water partition coefficient (Wildman–Crippen LogP) is 4.27. The van der Waals surface area contributed by atoms with E-state index < -0.39 is 35.9 Å². The molecule has 4 saturated heterocycles. The van der Waals surface area contributed by atoms with Crippen molar-refractivity contribution in [3.05, 3.63) is 107 Å². The Bertz CT molecular complexity index is 1940. The number of urea groups is 2. The molecule has 18 heteroatoms. The quantitative estimate of drug-likeness (QED) is 0.133. The van der Waals surface area contributed by atoms with Crippen molar-refractivity contribution in [3.8, 4) is 0 Å². The summed E-state index contributed by atoms with van der Waals surface area (Å²) < 4.78 is 0. The molecule has 0 aromatic heterocycles. The molecule has 7 amide bonds. The van der Waals surface area contributed by atoms with Gasteiger partial charge in [-0.2, -0.15) is 10.1 Å². The number of hydroxylamine groups is 7. The monoisotopic (exact) mass is 829 g/mol. The molecule has 5 heterocycles. The number of carbonyl (C=O) groups excluding carboxylic acids is 6. The fourth-order valence-electron chi connectivity index (χ4n) is 7.36. The van der Waals surface area contributed by atoms with Crippen molar-refractivity contribution in [1.82, 2.24) is 30.5 Å². The summed E-state index contributed by atoms with van der Waals surface area (Å²) in [6, 6.07) is 23.2. The summed E-state index contributed by atoms with van der Waals surface area (Å²) in [5.74, 6) is 2.18. The van der Waals surface area contributed by atoms with E-state index in [4.69, 9.17) is 19.4 Å². The minimum Gasteiger partial charge on any atom is -0.327 e. The first kappa shape index (κ1) is 43.7. The second-order valence-electron chi connectivity index (χ2n) is 14.6. The lowest BCUT2D eigenvalue weighted by atomic mass is 10.0. The van der Waals surface area contributed by atoms with E-state index in [1.54, 1.807) is 17.0 Å². The van der Waals surface area contributed by atoms with Crippen LogP contribution in [-0.2, 0) is 47.0 Å². The van der Waals surface area contributed by atoms with Crippen molar-refractivity contribution < 1.29 is 53.0 Å². The Balaban J connectivity index is 0.000000186. The number of fused-ring (bicyclic) bond motifs is 5. The van der Waals surface area contributed by atoms with Gasteiger partial charge in [0, 0.05) is 13.1 Å². The number of hydrogen-bond donors (Lipinski definition) is 2. The molecular formula is C42H51N7O11. The highest BCUT2D eigenvalue weighted by molar-refractivity contribution is 6.21. The first-order valence-corrected chi connectivity index (χ1v) is 20.1. The van der Waals surface area contributed by atoms with Crippen molar-refractivity contribution in [3.63, 3.8) is 0 Å². The molecule has 5 aliphatic rings. The molecule has 3 aromatic carbocycles. The molecule has 8 rings (SSSR count). The van der Waals surface area contributed by atoms with Gasteiger partial charge in [-0.15, -0.1) is 0 Å². The van der Waals surface area contributed by atoms with Gasteiger partial charge < -0.3 is 19.5 Å². The van der Waals surface area contributed by atoms with E-state index in [0.29, 0.717) is 57.2 Å². The van der Waals surface area contributed by atoms with Gasteiger partial charge in [0.2, 0.25) is 0 Å². The largest absolute Gasteiger partial charge is 0.355 e. The molecule has 18 nitrogen and oxygen atoms in total. The Morgan fingerprint density at radius 3 is 1.58 bits per heavy atom. The van der Waals surface area contributed by atoms with E-state index in [9.17, 15) is 28.8 Å². The number of carbonyl (C=O) groups is 6. The first-order valence-electron chi connectivity index (χ1n) is 20.1. The Kier molecular flexibility index (Phi) is 15.2. The van der Waals surface area contributed by atoms with Crippen LogP contribution in [0, 0.1) is 0 Å². The maximum absolute atomic E-state index is 12.8. The highest BCUT2D eigenvalue weighted by Gasteiger charge is 2.51. The van der Waals surface area contributed by atoms with Crippen LogP contribution in [0.15, 0.2) is 84.9 Å². The average molecular weight is 830 g/mol. The van der Waals surface area contributed by atoms with E-state index in [2.05, 4.69) is 16.2 Å². The molecule has 0 unspecified atom stereocenters. The third kappa shape index (κ3) is 10.1. The molecule has 3 N–H and O–H groups in total. The van der Waals surface area contributed by atoms with Gasteiger partial charge in [0.05, 0.1) is 36.4 Å². The van der Waals surface area contributed by atoms with E-state index in [-0.39, 0.29) is 41.8 Å². The lowest BCUT2D eigenvalue weighted by molar-refractivity contribution is -0.174. The van der Waals surface area contributed by atoms with Gasteiger partial charge in [-0.1, -0.05) is 91.7 Å². The summed E-state index contributed by atoms with van der Waals surface area (Å²) in [6.07, 6.45) is 4.06. The molecular weight excluding hydrogens is 778 g/mol. The van der Waals surface area contributed by atoms with Gasteiger partial charge in [-0.3, -0.25) is 28.9 Å². The van der Waals surface area contributed by atoms with Crippen LogP contribution in [0.5, 0.6) is 0 Å². The number of nitrogens with one attached hydrogen (secondary N) is 1. The summed E-state index contributed by atoms with van der Waals surface area (Å²) in [4.78, 5) is 104. The second kappa shape index (κ2) is 20.9. The highest BCUT2D eigenvalue weighted by atomic mass is 16.7. The van der Waals surface area contributed by atoms with Crippen molar-refractivity contribution in [2.75, 3.05) is 26.3 Å². The average Bonchev–Trinajstić information content (AvgIpc) is 3.77. The van der Waals surface area contributed by atoms with Gasteiger partial charge in [0.1, 0.15) is 25.3 Å². The zero-order chi connectivity index (χ0) is 42.6. The number of rotatable bonds is 14. The minimum absolute atomic E-state index is 0.00169. The van der Waals surface area contributed by atoms with Crippen LogP contribution >= 0.6 is 0 Å². The molecule has 3 aromatic rings. The highest BCUT2D eigenvalue weighted by Crippen LogP contribution is 2.33. The van der Waals surface area contributed by atoms with Crippen molar-refractivity contribution >= 4 is 35.8 Å². The van der Waals surface area contributed by atoms with Crippen LogP contribution < -0.4 is 11.4 Å². The number of amides is 7. The number of piperidine rings is 2. The number of benzene rings is 3. The Labute approximate surface area is 347 Å². The molecule has 320 valence electrons. The number of hydrogen-bond acceptors (Lipinski definition) is 12. The molecule has 5 aliphatic heterocycles. The number of nitrogens with zero attached hydrogens (tertiary/aromatic N) is 5. The third-order valence-electron chi connectivity index (χ3n) is 10.4. The van der Waals surface area contributed by atoms with E-state index in [1.807, 2.05) is 74.5 Å². The van der Waals surface area contributed by atoms with Crippen molar-refractivity contribution in [1.29, 1.82) is 0 Å². The van der Waals surface area contributed by atoms with Gasteiger partial charge >= 0.3 is 18.0 Å². The summed E-state index contributed by atoms with van der Waals surface area (Å²) in [5.41, 5.74) is 4.73. The fraction of sp³-hybridized carbons (Fsp3) is 0.429. The normalized spacial score (nSPS) is 21.3. The van der Waals surface area contributed by atoms with E-state index in [1.165, 1.54) is 27.2 Å². The Hall–Kier alpha value is -5.92. The van der Waals surface area contributed by atoms with E-state index in [0.717, 1.165) is 30.4 Å². The molecule has 0 spiro atoms. The van der Waals surface area contributed by atoms with Crippen LogP contribution in [0.3, 0.4) is 0 Å². The number of imide groups is 1. The molecule has 4 fully saturated rings. The second-order valence-corrected chi connectivity index (χ2v) is 14.6. The zero-order valence-corrected chi connectivity index (χ0v) is 33.7. The minimum atomic E-state index is -0.890. The summed E-state index contributed by atoms with van der Waals surface area (Å²) >= 11 is 0. The molecule has 60 heavy (non-hydrogen) atoms. The van der Waals surface area contributed by atoms with Gasteiger partial charge in [-0.05, 0) is 61.8 Å². The van der Waals surface area contributed by atoms with Crippen molar-refractivity contribution in [2.24, 2.45) is 5.90 Å². The van der Waals surface area contributed by atoms with Crippen molar-refractivity contribution in [2.45, 2.75) is 89.8 Å². The van der Waals surface area contributed by atoms with Gasteiger partial charge in [0.15, 0.2) is 0 Å². The smallest absolute Gasteiger partial charge is 0.327 e. The Morgan fingerprint density at radius 2 is 1.12 bits per heavy atom. The maximum Gasteiger partial charge on any atom is 0.355 e. The third-order valence-corrected chi connectivity index (χ3v) is 10.4. The lowest BCUT2D eigenvalue weighted by Crippen LogP contribution is -2.49. The topological polar surface area (TPSA) is 203 Å². The standard InChI is InChI=1S/C22H19N3O6.C17H23N3O4.C3H9NO/c26-19-16-8-4-5-9-17(16)20(27)25(19)31-21(28)18-11-10-15-12-23(18)22(29)24(15)30-13-14-6-2-1-3-7-14;1-2-10-23-18-16(21)15-9-8-14-11-19(15)17(22)20(14)24-12-13-6-4-3-5-7-13;1-2-3-5-4/h1-9,15,18H,10-13H2;3-7,14-15H,2,8-12H2,1H3,(H,18,21);2-4H2,1H3/t15-,18+;14-,15+;/m11./s1. The van der Waals surface area contributed by atoms with Crippen LogP contribution in [0.2, 0.25) is 0 Å². The van der Waals surface area contributed by atoms with Crippen LogP contribution in [-0.4, -0.2) is 111 Å². The molecule has 0 aliphatic carbocycles. The predicted molar refractivity (Wildman–Crippen MR) is 212 cm³/mol. The first-order chi connectivity index (χ1) is 29.2. The summed E-state index contributed by atoms with van der Waals surface area (Å²) in [6.45, 7) is 6.50. The van der Waals surface area contributed by atoms with Crippen LogP contribution in [0.4, 0.5) is 9.59 Å². The Morgan fingerprint density at radius 1 is 0.650 bits per heavy atom. The zero-order valence-electron chi connectivity index (χ0n) is 33.7. The summed E-state index contributed by atoms with van der Waals surface area (Å²) in [7, 11) is 0. The molecule has 0 saturated carbocycles. The van der Waals surface area contributed by atoms with Gasteiger partial charge in [-0.25, -0.2) is 25.8 Å². The summed E-state index contributed by atoms with van der Waals surface area (Å²) in [5, 5.41) is 3.21. The molecule has 4 atom stereocenters. The molecule has 0 radical (unpaired) electrons. The molecule has 4 bridgehead atoms. The lowest BCUT2D eigenvalue weighted by Gasteiger charge is -2.29. The SMILES string of the molecule is CCCON.CCCONC(=O)[C@@H]1CC[C@@H]2CN1C(=O)N2OCc1ccccc1.O=C(ON1C(=O)c2ccccc2C1=O)[C@@H]1CC[C@@H]2CN1C(=O)N2OCc1ccccc1. The van der Waals surface area contributed by atoms with Gasteiger partial charge in [0.25, 0.3) is 17.7 Å². The van der Waals surface area contributed by atoms with E-state index >= 15 is 0 Å². The van der Waals surface area contributed by atoms with Crippen LogP contribution in [0.25, 0.3) is 0 Å². The fourth-order valence-corrected chi connectivity index (χ4v) is 7.36. The van der Waals surface area contributed by atoms with Crippen LogP contribution in [0.1, 0.15) is 84.2 Å². The maximum atomic E-state index is 12.8. The number of nitrogens with two attached hydrogens (primary N) is 1.